The highest BCUT2D eigenvalue weighted by Gasteiger charge is 2.15. The second kappa shape index (κ2) is 9.58. The van der Waals surface area contributed by atoms with Crippen LogP contribution in [0.1, 0.15) is 0 Å². The summed E-state index contributed by atoms with van der Waals surface area (Å²) in [6.07, 6.45) is 0. The first-order valence-electron chi connectivity index (χ1n) is 8.90. The van der Waals surface area contributed by atoms with E-state index in [0.29, 0.717) is 34.5 Å². The molecule has 0 saturated carbocycles. The molecule has 7 nitrogen and oxygen atoms in total. The quantitative estimate of drug-likeness (QED) is 0.548. The van der Waals surface area contributed by atoms with Crippen molar-refractivity contribution in [2.24, 2.45) is 0 Å². The van der Waals surface area contributed by atoms with Gasteiger partial charge in [-0.2, -0.15) is 5.10 Å². The van der Waals surface area contributed by atoms with Gasteiger partial charge in [-0.3, -0.25) is 14.5 Å². The number of ether oxygens (including phenoxy) is 2. The molecule has 0 atom stereocenters. The number of carbonyl (C=O) groups is 1. The van der Waals surface area contributed by atoms with Crippen LogP contribution in [0.3, 0.4) is 0 Å². The fraction of sp³-hybridized carbons (Fsp3) is 0.250. The van der Waals surface area contributed by atoms with E-state index in [1.807, 2.05) is 36.4 Å². The maximum atomic E-state index is 12.7. The monoisotopic (exact) mass is 432 g/mol. The molecule has 1 heterocycles. The van der Waals surface area contributed by atoms with Crippen molar-refractivity contribution in [3.8, 4) is 22.9 Å². The molecule has 9 heteroatoms. The van der Waals surface area contributed by atoms with Crippen molar-refractivity contribution in [3.05, 3.63) is 58.3 Å². The number of H-pyrrole nitrogens is 1. The predicted molar refractivity (Wildman–Crippen MR) is 114 cm³/mol. The Morgan fingerprint density at radius 3 is 2.66 bits per heavy atom. The molecule has 3 rings (SSSR count). The lowest BCUT2D eigenvalue weighted by atomic mass is 10.2. The molecule has 1 amide bonds. The van der Waals surface area contributed by atoms with Crippen LogP contribution in [0.2, 0.25) is 5.02 Å². The van der Waals surface area contributed by atoms with Gasteiger partial charge < -0.3 is 14.4 Å². The highest BCUT2D eigenvalue weighted by Crippen LogP contribution is 2.23. The van der Waals surface area contributed by atoms with Crippen molar-refractivity contribution in [1.82, 2.24) is 19.7 Å². The van der Waals surface area contributed by atoms with Crippen molar-refractivity contribution in [1.29, 1.82) is 0 Å². The van der Waals surface area contributed by atoms with Gasteiger partial charge in [0.1, 0.15) is 24.7 Å². The molecule has 0 spiro atoms. The highest BCUT2D eigenvalue weighted by atomic mass is 35.5. The van der Waals surface area contributed by atoms with Crippen molar-refractivity contribution < 1.29 is 14.3 Å². The summed E-state index contributed by atoms with van der Waals surface area (Å²) >= 11 is 11.4. The first-order chi connectivity index (χ1) is 14.0. The number of para-hydroxylation sites is 1. The van der Waals surface area contributed by atoms with Crippen LogP contribution in [0.4, 0.5) is 0 Å². The van der Waals surface area contributed by atoms with Gasteiger partial charge in [-0.1, -0.05) is 23.7 Å². The van der Waals surface area contributed by atoms with Gasteiger partial charge in [0.25, 0.3) is 0 Å². The summed E-state index contributed by atoms with van der Waals surface area (Å²) < 4.78 is 12.9. The number of halogens is 1. The van der Waals surface area contributed by atoms with Gasteiger partial charge in [0.05, 0.1) is 18.7 Å². The Hall–Kier alpha value is -2.84. The van der Waals surface area contributed by atoms with E-state index in [-0.39, 0.29) is 12.5 Å². The zero-order valence-corrected chi connectivity index (χ0v) is 17.7. The third-order valence-corrected chi connectivity index (χ3v) is 4.97. The number of hydrogen-bond acceptors (Lipinski definition) is 5. The molecular weight excluding hydrogens is 412 g/mol. The number of nitrogens with zero attached hydrogens (tertiary/aromatic N) is 3. The summed E-state index contributed by atoms with van der Waals surface area (Å²) in [7, 11) is 3.32. The number of hydrogen-bond donors (Lipinski definition) is 1. The van der Waals surface area contributed by atoms with Crippen molar-refractivity contribution in [2.75, 3.05) is 27.3 Å². The van der Waals surface area contributed by atoms with Crippen molar-refractivity contribution >= 4 is 29.7 Å². The normalized spacial score (nSPS) is 10.6. The second-order valence-electron chi connectivity index (χ2n) is 6.26. The standard InChI is InChI=1S/C20H21ClN4O3S/c1-24(11-12-28-17-6-4-3-5-16(17)21)18(26)13-25-19(22-23-20(25)29)14-7-9-15(27-2)10-8-14/h3-10H,11-13H2,1-2H3,(H,23,29). The van der Waals surface area contributed by atoms with Gasteiger partial charge in [0.15, 0.2) is 10.6 Å². The van der Waals surface area contributed by atoms with E-state index in [2.05, 4.69) is 10.2 Å². The molecule has 0 saturated heterocycles. The Bertz CT molecular complexity index is 1030. The van der Waals surface area contributed by atoms with Crippen LogP contribution in [0.25, 0.3) is 11.4 Å². The van der Waals surface area contributed by atoms with E-state index in [4.69, 9.17) is 33.3 Å². The maximum Gasteiger partial charge on any atom is 0.242 e. The highest BCUT2D eigenvalue weighted by molar-refractivity contribution is 7.71. The van der Waals surface area contributed by atoms with Crippen LogP contribution in [0, 0.1) is 4.77 Å². The second-order valence-corrected chi connectivity index (χ2v) is 7.06. The molecule has 0 fully saturated rings. The lowest BCUT2D eigenvalue weighted by Crippen LogP contribution is -2.33. The third kappa shape index (κ3) is 5.16. The number of nitrogens with one attached hydrogen (secondary N) is 1. The van der Waals surface area contributed by atoms with Crippen LogP contribution in [-0.4, -0.2) is 52.9 Å². The number of aromatic amines is 1. The number of methoxy groups -OCH3 is 1. The zero-order valence-electron chi connectivity index (χ0n) is 16.1. The number of amides is 1. The smallest absolute Gasteiger partial charge is 0.242 e. The number of aromatic nitrogens is 3. The molecule has 29 heavy (non-hydrogen) atoms. The molecular formula is C20H21ClN4O3S. The van der Waals surface area contributed by atoms with Crippen LogP contribution in [0.15, 0.2) is 48.5 Å². The first kappa shape index (κ1) is 20.9. The van der Waals surface area contributed by atoms with E-state index < -0.39 is 0 Å². The third-order valence-electron chi connectivity index (χ3n) is 4.35. The number of benzene rings is 2. The van der Waals surface area contributed by atoms with Crippen LogP contribution in [0.5, 0.6) is 11.5 Å². The summed E-state index contributed by atoms with van der Waals surface area (Å²) in [5.41, 5.74) is 0.829. The number of carbonyl (C=O) groups excluding carboxylic acids is 1. The van der Waals surface area contributed by atoms with Crippen LogP contribution < -0.4 is 9.47 Å². The SMILES string of the molecule is COc1ccc(-c2n[nH]c(=S)n2CC(=O)N(C)CCOc2ccccc2Cl)cc1. The fourth-order valence-corrected chi connectivity index (χ4v) is 3.05. The minimum Gasteiger partial charge on any atom is -0.497 e. The van der Waals surface area contributed by atoms with E-state index in [1.165, 1.54) is 0 Å². The Kier molecular flexibility index (Phi) is 6.90. The van der Waals surface area contributed by atoms with E-state index in [1.54, 1.807) is 35.8 Å². The fourth-order valence-electron chi connectivity index (χ4n) is 2.66. The molecule has 0 unspecified atom stereocenters. The summed E-state index contributed by atoms with van der Waals surface area (Å²) in [4.78, 5) is 14.3. The Morgan fingerprint density at radius 1 is 1.24 bits per heavy atom. The van der Waals surface area contributed by atoms with Gasteiger partial charge in [0, 0.05) is 12.6 Å². The Labute approximate surface area is 178 Å². The minimum atomic E-state index is -0.111. The average Bonchev–Trinajstić information content (AvgIpc) is 3.09. The average molecular weight is 433 g/mol. The molecule has 2 aromatic carbocycles. The molecule has 152 valence electrons. The largest absolute Gasteiger partial charge is 0.497 e. The zero-order chi connectivity index (χ0) is 20.8. The van der Waals surface area contributed by atoms with Gasteiger partial charge in [-0.15, -0.1) is 0 Å². The minimum absolute atomic E-state index is 0.0687. The van der Waals surface area contributed by atoms with E-state index >= 15 is 0 Å². The topological polar surface area (TPSA) is 72.4 Å². The molecule has 1 N–H and O–H groups in total. The summed E-state index contributed by atoms with van der Waals surface area (Å²) in [6, 6.07) is 14.6. The van der Waals surface area contributed by atoms with Gasteiger partial charge in [-0.05, 0) is 48.6 Å². The number of likely N-dealkylation sites (N-methyl/N-ethyl adjacent to an activating group) is 1. The van der Waals surface area contributed by atoms with Crippen LogP contribution >= 0.6 is 23.8 Å². The molecule has 1 aromatic heterocycles. The lowest BCUT2D eigenvalue weighted by molar-refractivity contribution is -0.130. The molecule has 0 aliphatic heterocycles. The van der Waals surface area contributed by atoms with Gasteiger partial charge in [0.2, 0.25) is 5.91 Å². The molecule has 0 bridgehead atoms. The van der Waals surface area contributed by atoms with Gasteiger partial charge >= 0.3 is 0 Å². The van der Waals surface area contributed by atoms with Gasteiger partial charge in [-0.25, -0.2) is 0 Å². The molecule has 3 aromatic rings. The predicted octanol–water partition coefficient (Wildman–Crippen LogP) is 3.81. The Morgan fingerprint density at radius 2 is 1.97 bits per heavy atom. The van der Waals surface area contributed by atoms with Crippen molar-refractivity contribution in [3.63, 3.8) is 0 Å². The van der Waals surface area contributed by atoms with Crippen LogP contribution in [-0.2, 0) is 11.3 Å². The van der Waals surface area contributed by atoms with Crippen molar-refractivity contribution in [2.45, 2.75) is 6.54 Å². The molecule has 0 aliphatic rings. The Balaban J connectivity index is 1.63. The lowest BCUT2D eigenvalue weighted by Gasteiger charge is -2.18. The molecule has 0 radical (unpaired) electrons. The summed E-state index contributed by atoms with van der Waals surface area (Å²) in [5.74, 6) is 1.81. The van der Waals surface area contributed by atoms with E-state index in [0.717, 1.165) is 11.3 Å². The van der Waals surface area contributed by atoms with E-state index in [9.17, 15) is 4.79 Å². The number of rotatable bonds is 8. The summed E-state index contributed by atoms with van der Waals surface area (Å²) in [5, 5.41) is 7.55. The maximum absolute atomic E-state index is 12.7. The molecule has 0 aliphatic carbocycles. The summed E-state index contributed by atoms with van der Waals surface area (Å²) in [6.45, 7) is 0.806. The first-order valence-corrected chi connectivity index (χ1v) is 9.69.